The van der Waals surface area contributed by atoms with E-state index in [1.54, 1.807) is 0 Å². The van der Waals surface area contributed by atoms with Gasteiger partial charge < -0.3 is 0 Å². The largest absolute Gasteiger partial charge is 0.281 e. The minimum atomic E-state index is -1.14. The Bertz CT molecular complexity index is 1320. The predicted molar refractivity (Wildman–Crippen MR) is 140 cm³/mol. The van der Waals surface area contributed by atoms with Gasteiger partial charge >= 0.3 is 0 Å². The van der Waals surface area contributed by atoms with Crippen LogP contribution in [0.4, 0.5) is 22.7 Å². The molecule has 38 heavy (non-hydrogen) atoms. The zero-order valence-corrected chi connectivity index (χ0v) is 21.7. The van der Waals surface area contributed by atoms with E-state index >= 15 is 0 Å². The molecule has 16 heteroatoms. The van der Waals surface area contributed by atoms with Gasteiger partial charge in [0, 0.05) is 12.1 Å². The Labute approximate surface area is 233 Å². The van der Waals surface area contributed by atoms with Crippen molar-refractivity contribution in [1.29, 1.82) is 0 Å². The number of hydrogen-bond acceptors (Lipinski definition) is 8. The van der Waals surface area contributed by atoms with Crippen molar-refractivity contribution in [3.63, 3.8) is 0 Å². The van der Waals surface area contributed by atoms with Gasteiger partial charge in [0.15, 0.2) is 0 Å². The van der Waals surface area contributed by atoms with E-state index < -0.39 is 64.0 Å². The van der Waals surface area contributed by atoms with Gasteiger partial charge in [-0.3, -0.25) is 40.5 Å². The predicted octanol–water partition coefficient (Wildman–Crippen LogP) is 7.84. The molecule has 0 aliphatic heterocycles. The molecule has 4 atom stereocenters. The number of nitrogens with zero attached hydrogens (tertiary/aromatic N) is 4. The van der Waals surface area contributed by atoms with Crippen LogP contribution in [0.1, 0.15) is 43.8 Å². The summed E-state index contributed by atoms with van der Waals surface area (Å²) in [7, 11) is 0. The molecule has 0 aromatic heterocycles. The van der Waals surface area contributed by atoms with Crippen LogP contribution in [0.15, 0.2) is 60.7 Å². The van der Waals surface area contributed by atoms with Gasteiger partial charge in [0.1, 0.15) is 0 Å². The molecule has 0 bridgehead atoms. The molecule has 0 aliphatic carbocycles. The van der Waals surface area contributed by atoms with Crippen LogP contribution in [0.25, 0.3) is 0 Å². The van der Waals surface area contributed by atoms with Crippen molar-refractivity contribution >= 4 is 69.2 Å². The summed E-state index contributed by atoms with van der Waals surface area (Å²) >= 11 is 25.8. The van der Waals surface area contributed by atoms with E-state index in [0.29, 0.717) is 11.1 Å². The molecule has 3 rings (SSSR count). The average molecular weight is 604 g/mol. The second-order valence-corrected chi connectivity index (χ2v) is 9.67. The molecule has 0 unspecified atom stereocenters. The summed E-state index contributed by atoms with van der Waals surface area (Å²) in [5.74, 6) is 0. The molecule has 0 saturated carbocycles. The topological polar surface area (TPSA) is 173 Å². The lowest BCUT2D eigenvalue weighted by molar-refractivity contribution is -0.394. The maximum absolute atomic E-state index is 11.5. The highest BCUT2D eigenvalue weighted by Crippen LogP contribution is 2.46. The van der Waals surface area contributed by atoms with Crippen LogP contribution in [0.3, 0.4) is 0 Å². The van der Waals surface area contributed by atoms with E-state index in [0.717, 1.165) is 24.3 Å². The van der Waals surface area contributed by atoms with E-state index in [-0.39, 0.29) is 11.1 Å². The first kappa shape index (κ1) is 29.0. The monoisotopic (exact) mass is 602 g/mol. The fraction of sp³-hybridized carbons (Fsp3) is 0.182. The van der Waals surface area contributed by atoms with Crippen molar-refractivity contribution in [3.05, 3.63) is 123 Å². The average Bonchev–Trinajstić information content (AvgIpc) is 2.90. The Morgan fingerprint density at radius 3 is 1.05 bits per heavy atom. The highest BCUT2D eigenvalue weighted by molar-refractivity contribution is 6.31. The fourth-order valence-electron chi connectivity index (χ4n) is 3.59. The van der Waals surface area contributed by atoms with Gasteiger partial charge in [-0.2, -0.15) is 0 Å². The maximum Gasteiger partial charge on any atom is 0.281 e. The zero-order valence-electron chi connectivity index (χ0n) is 18.6. The minimum absolute atomic E-state index is 0.0205. The first-order chi connectivity index (χ1) is 17.8. The smallest absolute Gasteiger partial charge is 0.258 e. The highest BCUT2D eigenvalue weighted by Gasteiger charge is 2.32. The van der Waals surface area contributed by atoms with E-state index in [4.69, 9.17) is 46.4 Å². The van der Waals surface area contributed by atoms with Gasteiger partial charge in [-0.15, -0.1) is 46.4 Å². The lowest BCUT2D eigenvalue weighted by atomic mass is 9.97. The van der Waals surface area contributed by atoms with Gasteiger partial charge in [-0.05, 0) is 23.3 Å². The third-order valence-corrected chi connectivity index (χ3v) is 7.76. The lowest BCUT2D eigenvalue weighted by Crippen LogP contribution is -2.06. The van der Waals surface area contributed by atoms with Crippen molar-refractivity contribution in [2.75, 3.05) is 0 Å². The third kappa shape index (κ3) is 6.10. The summed E-state index contributed by atoms with van der Waals surface area (Å²) in [5, 5.41) is 40.6. The van der Waals surface area contributed by atoms with Gasteiger partial charge in [0.05, 0.1) is 64.5 Å². The molecule has 3 aromatic rings. The second kappa shape index (κ2) is 11.9. The number of halogens is 4. The van der Waals surface area contributed by atoms with Crippen LogP contribution in [-0.2, 0) is 0 Å². The number of non-ortho nitro benzene ring substituents is 2. The van der Waals surface area contributed by atoms with Crippen LogP contribution in [0, 0.1) is 40.5 Å². The molecular formula is C22H14Cl4N4O8. The Morgan fingerprint density at radius 2 is 0.789 bits per heavy atom. The van der Waals surface area contributed by atoms with Crippen LogP contribution < -0.4 is 0 Å². The van der Waals surface area contributed by atoms with E-state index in [9.17, 15) is 40.5 Å². The summed E-state index contributed by atoms with van der Waals surface area (Å²) in [6, 6.07) is 12.2. The summed E-state index contributed by atoms with van der Waals surface area (Å²) in [5.41, 5.74) is -1.25. The lowest BCUT2D eigenvalue weighted by Gasteiger charge is -2.20. The fourth-order valence-corrected chi connectivity index (χ4v) is 4.81. The van der Waals surface area contributed by atoms with Crippen molar-refractivity contribution in [3.8, 4) is 0 Å². The number of alkyl halides is 4. The molecule has 0 aliphatic rings. The van der Waals surface area contributed by atoms with Crippen molar-refractivity contribution in [2.24, 2.45) is 0 Å². The van der Waals surface area contributed by atoms with Crippen LogP contribution in [0.5, 0.6) is 0 Å². The summed E-state index contributed by atoms with van der Waals surface area (Å²) < 4.78 is 0. The molecule has 198 valence electrons. The molecular weight excluding hydrogens is 590 g/mol. The Balaban J connectivity index is 1.86. The summed E-state index contributed by atoms with van der Waals surface area (Å²) in [6.45, 7) is 0. The van der Waals surface area contributed by atoms with E-state index in [1.807, 2.05) is 0 Å². The summed E-state index contributed by atoms with van der Waals surface area (Å²) in [6.07, 6.45) is 0. The van der Waals surface area contributed by atoms with Crippen LogP contribution >= 0.6 is 46.4 Å². The Hall–Kier alpha value is -3.58. The molecule has 0 N–H and O–H groups in total. The SMILES string of the molecule is O=[N+]([O-])c1ccc([C@@H](Cl)[C@@H](Cl)c2ccc([C@H](Cl)[C@H](Cl)c3ccc([N+](=O)[O-])cc3[N+](=O)[O-])cc2)c([N+](=O)[O-])c1. The Morgan fingerprint density at radius 1 is 0.474 bits per heavy atom. The number of benzene rings is 3. The molecule has 3 aromatic carbocycles. The molecule has 0 amide bonds. The second-order valence-electron chi connectivity index (χ2n) is 7.79. The van der Waals surface area contributed by atoms with Gasteiger partial charge in [0.2, 0.25) is 0 Å². The Kier molecular flexibility index (Phi) is 9.05. The molecule has 12 nitrogen and oxygen atoms in total. The van der Waals surface area contributed by atoms with Crippen molar-refractivity contribution in [1.82, 2.24) is 0 Å². The molecule has 0 spiro atoms. The number of rotatable bonds is 10. The first-order valence-corrected chi connectivity index (χ1v) is 12.1. The zero-order chi connectivity index (χ0) is 28.3. The van der Waals surface area contributed by atoms with Crippen molar-refractivity contribution < 1.29 is 19.7 Å². The molecule has 0 fully saturated rings. The van der Waals surface area contributed by atoms with E-state index in [1.165, 1.54) is 36.4 Å². The van der Waals surface area contributed by atoms with Crippen LogP contribution in [-0.4, -0.2) is 19.7 Å². The number of nitro benzene ring substituents is 4. The molecule has 0 heterocycles. The normalized spacial score (nSPS) is 14.2. The molecule has 0 saturated heterocycles. The number of hydrogen-bond donors (Lipinski definition) is 0. The number of nitro groups is 4. The molecule has 0 radical (unpaired) electrons. The standard InChI is InChI=1S/C22H14Cl4N4O8/c23-19(21(25)15-7-5-13(27(31)32)9-17(15)29(35)36)11-1-2-12(4-3-11)20(24)22(26)16-8-6-14(28(33)34)10-18(16)30(37)38/h1-10,19-22H/t19-,20-,21+,22+/m0/s1. The quantitative estimate of drug-likeness (QED) is 0.128. The summed E-state index contributed by atoms with van der Waals surface area (Å²) in [4.78, 5) is 41.7. The first-order valence-electron chi connectivity index (χ1n) is 10.3. The van der Waals surface area contributed by atoms with E-state index in [2.05, 4.69) is 0 Å². The van der Waals surface area contributed by atoms with Gasteiger partial charge in [-0.1, -0.05) is 24.3 Å². The van der Waals surface area contributed by atoms with Crippen LogP contribution in [0.2, 0.25) is 0 Å². The maximum atomic E-state index is 11.5. The highest BCUT2D eigenvalue weighted by atomic mass is 35.5. The van der Waals surface area contributed by atoms with Crippen molar-refractivity contribution in [2.45, 2.75) is 21.5 Å². The minimum Gasteiger partial charge on any atom is -0.258 e. The third-order valence-electron chi connectivity index (χ3n) is 5.52. The van der Waals surface area contributed by atoms with Gasteiger partial charge in [0.25, 0.3) is 22.7 Å². The van der Waals surface area contributed by atoms with Gasteiger partial charge in [-0.25, -0.2) is 0 Å².